The van der Waals surface area contributed by atoms with Crippen molar-refractivity contribution in [2.75, 3.05) is 0 Å². The highest BCUT2D eigenvalue weighted by molar-refractivity contribution is 9.11. The standard InChI is InChI=1S/C10H6BrF2NS/c1-5-9(11)15-10(14-5)6-2-3-7(12)8(13)4-6/h2-4H,1H3. The molecule has 0 saturated heterocycles. The zero-order chi connectivity index (χ0) is 11.0. The summed E-state index contributed by atoms with van der Waals surface area (Å²) in [5.41, 5.74) is 1.44. The molecule has 0 aliphatic heterocycles. The number of benzene rings is 1. The van der Waals surface area contributed by atoms with E-state index in [1.54, 1.807) is 0 Å². The van der Waals surface area contributed by atoms with Crippen molar-refractivity contribution in [1.82, 2.24) is 4.98 Å². The van der Waals surface area contributed by atoms with E-state index in [0.717, 1.165) is 21.6 Å². The van der Waals surface area contributed by atoms with Crippen molar-refractivity contribution in [3.05, 3.63) is 39.3 Å². The Morgan fingerprint density at radius 3 is 2.53 bits per heavy atom. The molecule has 1 aromatic carbocycles. The van der Waals surface area contributed by atoms with Crippen LogP contribution < -0.4 is 0 Å². The maximum Gasteiger partial charge on any atom is 0.159 e. The van der Waals surface area contributed by atoms with Crippen molar-refractivity contribution in [2.24, 2.45) is 0 Å². The minimum Gasteiger partial charge on any atom is -0.240 e. The maximum atomic E-state index is 13.0. The fraction of sp³-hybridized carbons (Fsp3) is 0.100. The fourth-order valence-electron chi connectivity index (χ4n) is 1.13. The van der Waals surface area contributed by atoms with Gasteiger partial charge in [0.15, 0.2) is 11.6 Å². The molecule has 5 heteroatoms. The lowest BCUT2D eigenvalue weighted by atomic mass is 10.2. The van der Waals surface area contributed by atoms with E-state index in [-0.39, 0.29) is 0 Å². The molecule has 1 nitrogen and oxygen atoms in total. The highest BCUT2D eigenvalue weighted by atomic mass is 79.9. The summed E-state index contributed by atoms with van der Waals surface area (Å²) in [6, 6.07) is 3.78. The lowest BCUT2D eigenvalue weighted by molar-refractivity contribution is 0.509. The highest BCUT2D eigenvalue weighted by Crippen LogP contribution is 2.31. The van der Waals surface area contributed by atoms with E-state index >= 15 is 0 Å². The average molecular weight is 290 g/mol. The minimum atomic E-state index is -0.850. The van der Waals surface area contributed by atoms with Gasteiger partial charge in [0.2, 0.25) is 0 Å². The predicted molar refractivity (Wildman–Crippen MR) is 59.9 cm³/mol. The quantitative estimate of drug-likeness (QED) is 0.768. The van der Waals surface area contributed by atoms with Crippen molar-refractivity contribution in [3.8, 4) is 10.6 Å². The average Bonchev–Trinajstić information content (AvgIpc) is 2.52. The Balaban J connectivity index is 2.49. The van der Waals surface area contributed by atoms with E-state index in [9.17, 15) is 8.78 Å². The van der Waals surface area contributed by atoms with Gasteiger partial charge >= 0.3 is 0 Å². The normalized spacial score (nSPS) is 10.7. The van der Waals surface area contributed by atoms with Crippen LogP contribution in [0.5, 0.6) is 0 Å². The first-order chi connectivity index (χ1) is 7.08. The van der Waals surface area contributed by atoms with E-state index in [2.05, 4.69) is 20.9 Å². The second-order valence-electron chi connectivity index (χ2n) is 3.01. The van der Waals surface area contributed by atoms with Gasteiger partial charge < -0.3 is 0 Å². The molecule has 0 atom stereocenters. The molecule has 0 unspecified atom stereocenters. The third-order valence-corrected chi connectivity index (χ3v) is 3.96. The predicted octanol–water partition coefficient (Wildman–Crippen LogP) is 4.16. The van der Waals surface area contributed by atoms with Crippen LogP contribution in [0.3, 0.4) is 0 Å². The minimum absolute atomic E-state index is 0.590. The molecule has 15 heavy (non-hydrogen) atoms. The third-order valence-electron chi connectivity index (χ3n) is 1.91. The molecule has 0 bridgehead atoms. The summed E-state index contributed by atoms with van der Waals surface area (Å²) in [6.45, 7) is 1.85. The van der Waals surface area contributed by atoms with Gasteiger partial charge in [0.05, 0.1) is 9.48 Å². The number of aryl methyl sites for hydroxylation is 1. The van der Waals surface area contributed by atoms with E-state index in [1.165, 1.54) is 17.4 Å². The molecular weight excluding hydrogens is 284 g/mol. The first kappa shape index (κ1) is 10.7. The lowest BCUT2D eigenvalue weighted by Gasteiger charge is -1.96. The zero-order valence-corrected chi connectivity index (χ0v) is 10.1. The van der Waals surface area contributed by atoms with Gasteiger partial charge in [-0.15, -0.1) is 11.3 Å². The molecule has 0 amide bonds. The smallest absolute Gasteiger partial charge is 0.159 e. The van der Waals surface area contributed by atoms with Gasteiger partial charge in [-0.25, -0.2) is 13.8 Å². The molecule has 0 spiro atoms. The van der Waals surface area contributed by atoms with Crippen molar-refractivity contribution in [2.45, 2.75) is 6.92 Å². The monoisotopic (exact) mass is 289 g/mol. The Morgan fingerprint density at radius 2 is 2.00 bits per heavy atom. The number of rotatable bonds is 1. The maximum absolute atomic E-state index is 13.0. The van der Waals surface area contributed by atoms with Gasteiger partial charge in [-0.3, -0.25) is 0 Å². The molecule has 0 fully saturated rings. The van der Waals surface area contributed by atoms with Crippen molar-refractivity contribution in [3.63, 3.8) is 0 Å². The summed E-state index contributed by atoms with van der Waals surface area (Å²) in [5, 5.41) is 0.679. The molecule has 1 aromatic heterocycles. The van der Waals surface area contributed by atoms with Crippen LogP contribution >= 0.6 is 27.3 Å². The SMILES string of the molecule is Cc1nc(-c2ccc(F)c(F)c2)sc1Br. The summed E-state index contributed by atoms with van der Waals surface area (Å²) in [6.07, 6.45) is 0. The number of nitrogens with zero attached hydrogens (tertiary/aromatic N) is 1. The summed E-state index contributed by atoms with van der Waals surface area (Å²) in [7, 11) is 0. The molecule has 78 valence electrons. The number of halogens is 3. The second kappa shape index (κ2) is 3.98. The van der Waals surface area contributed by atoms with Gasteiger partial charge in [0, 0.05) is 5.56 Å². The van der Waals surface area contributed by atoms with Gasteiger partial charge in [-0.1, -0.05) is 0 Å². The molecule has 1 heterocycles. The molecular formula is C10H6BrF2NS. The Kier molecular flexibility index (Phi) is 2.84. The number of aromatic nitrogens is 1. The Morgan fingerprint density at radius 1 is 1.27 bits per heavy atom. The van der Waals surface area contributed by atoms with Crippen LogP contribution in [0.15, 0.2) is 22.0 Å². The summed E-state index contributed by atoms with van der Waals surface area (Å²) in [4.78, 5) is 4.23. The number of hydrogen-bond donors (Lipinski definition) is 0. The van der Waals surface area contributed by atoms with Crippen LogP contribution in [0.4, 0.5) is 8.78 Å². The van der Waals surface area contributed by atoms with Crippen LogP contribution in [0.1, 0.15) is 5.69 Å². The van der Waals surface area contributed by atoms with Crippen LogP contribution in [-0.4, -0.2) is 4.98 Å². The van der Waals surface area contributed by atoms with Crippen molar-refractivity contribution >= 4 is 27.3 Å². The molecule has 0 aliphatic rings. The topological polar surface area (TPSA) is 12.9 Å². The van der Waals surface area contributed by atoms with Crippen LogP contribution in [0.25, 0.3) is 10.6 Å². The van der Waals surface area contributed by atoms with Gasteiger partial charge in [0.25, 0.3) is 0 Å². The Hall–Kier alpha value is -0.810. The molecule has 2 rings (SSSR count). The second-order valence-corrected chi connectivity index (χ2v) is 5.32. The highest BCUT2D eigenvalue weighted by Gasteiger charge is 2.09. The first-order valence-electron chi connectivity index (χ1n) is 4.16. The van der Waals surface area contributed by atoms with Gasteiger partial charge in [0.1, 0.15) is 5.01 Å². The molecule has 0 N–H and O–H groups in total. The van der Waals surface area contributed by atoms with Crippen molar-refractivity contribution < 1.29 is 8.78 Å². The lowest BCUT2D eigenvalue weighted by Crippen LogP contribution is -1.84. The number of hydrogen-bond acceptors (Lipinski definition) is 2. The van der Waals surface area contributed by atoms with Crippen LogP contribution in [0, 0.1) is 18.6 Å². The summed E-state index contributed by atoms with van der Waals surface area (Å²) >= 11 is 4.73. The summed E-state index contributed by atoms with van der Waals surface area (Å²) in [5.74, 6) is -1.69. The van der Waals surface area contributed by atoms with Gasteiger partial charge in [-0.05, 0) is 41.1 Å². The number of thiazole rings is 1. The van der Waals surface area contributed by atoms with E-state index in [4.69, 9.17) is 0 Å². The summed E-state index contributed by atoms with van der Waals surface area (Å²) < 4.78 is 26.6. The first-order valence-corrected chi connectivity index (χ1v) is 5.77. The Bertz CT molecular complexity index is 491. The van der Waals surface area contributed by atoms with Gasteiger partial charge in [-0.2, -0.15) is 0 Å². The van der Waals surface area contributed by atoms with Crippen LogP contribution in [-0.2, 0) is 0 Å². The third kappa shape index (κ3) is 2.08. The Labute approximate surface area is 97.9 Å². The molecule has 2 aromatic rings. The fourth-order valence-corrected chi connectivity index (χ4v) is 2.47. The molecule has 0 aliphatic carbocycles. The van der Waals surface area contributed by atoms with E-state index < -0.39 is 11.6 Å². The van der Waals surface area contributed by atoms with Crippen LogP contribution in [0.2, 0.25) is 0 Å². The molecule has 0 radical (unpaired) electrons. The van der Waals surface area contributed by atoms with Crippen molar-refractivity contribution in [1.29, 1.82) is 0 Å². The largest absolute Gasteiger partial charge is 0.240 e. The van der Waals surface area contributed by atoms with E-state index in [1.807, 2.05) is 6.92 Å². The zero-order valence-electron chi connectivity index (χ0n) is 7.72. The molecule has 0 saturated carbocycles. The van der Waals surface area contributed by atoms with E-state index in [0.29, 0.717) is 10.6 Å².